The molecule has 0 fully saturated rings. The number of carbonyl (C=O) groups excluding carboxylic acids is 1. The summed E-state index contributed by atoms with van der Waals surface area (Å²) in [5, 5.41) is 12.3. The third kappa shape index (κ3) is 4.81. The number of nitrogens with zero attached hydrogens (tertiary/aromatic N) is 2. The second kappa shape index (κ2) is 9.31. The summed E-state index contributed by atoms with van der Waals surface area (Å²) in [5.74, 6) is 0.554. The van der Waals surface area contributed by atoms with Gasteiger partial charge in [-0.15, -0.1) is 0 Å². The highest BCUT2D eigenvalue weighted by atomic mass is 16.3. The summed E-state index contributed by atoms with van der Waals surface area (Å²) in [6.45, 7) is 5.94. The van der Waals surface area contributed by atoms with Crippen LogP contribution in [0.2, 0.25) is 0 Å². The topological polar surface area (TPSA) is 65.5 Å². The summed E-state index contributed by atoms with van der Waals surface area (Å²) in [6, 6.07) is 3.55. The Labute approximate surface area is 121 Å². The molecule has 0 atom stereocenters. The standard InChI is InChI=1S/C15H25N3O2/c1-3-5-10-18(11-12-19)15(20)13-7-6-9-17-14(13)16-8-4-2/h6-7,9,19H,3-5,8,10-12H2,1-2H3,(H,16,17). The molecule has 5 heteroatoms. The highest BCUT2D eigenvalue weighted by Crippen LogP contribution is 2.15. The number of unbranched alkanes of at least 4 members (excludes halogenated alkanes) is 1. The number of aliphatic hydroxyl groups is 1. The molecule has 0 spiro atoms. The van der Waals surface area contributed by atoms with Crippen LogP contribution < -0.4 is 5.32 Å². The monoisotopic (exact) mass is 279 g/mol. The Morgan fingerprint density at radius 1 is 1.35 bits per heavy atom. The molecule has 5 nitrogen and oxygen atoms in total. The average Bonchev–Trinajstić information content (AvgIpc) is 2.49. The molecular weight excluding hydrogens is 254 g/mol. The Bertz CT molecular complexity index is 410. The van der Waals surface area contributed by atoms with Crippen LogP contribution in [0.4, 0.5) is 5.82 Å². The van der Waals surface area contributed by atoms with E-state index in [9.17, 15) is 4.79 Å². The van der Waals surface area contributed by atoms with E-state index < -0.39 is 0 Å². The molecule has 0 aromatic carbocycles. The van der Waals surface area contributed by atoms with Gasteiger partial charge in [-0.05, 0) is 25.0 Å². The summed E-state index contributed by atoms with van der Waals surface area (Å²) in [5.41, 5.74) is 0.575. The molecule has 20 heavy (non-hydrogen) atoms. The molecule has 0 aliphatic rings. The number of aliphatic hydroxyl groups excluding tert-OH is 1. The van der Waals surface area contributed by atoms with Gasteiger partial charge in [0.05, 0.1) is 12.2 Å². The van der Waals surface area contributed by atoms with Crippen LogP contribution in [0.25, 0.3) is 0 Å². The maximum atomic E-state index is 12.6. The normalized spacial score (nSPS) is 10.3. The van der Waals surface area contributed by atoms with E-state index in [1.807, 2.05) is 0 Å². The average molecular weight is 279 g/mol. The van der Waals surface area contributed by atoms with Crippen molar-refractivity contribution in [2.24, 2.45) is 0 Å². The number of nitrogens with one attached hydrogen (secondary N) is 1. The quantitative estimate of drug-likeness (QED) is 0.727. The highest BCUT2D eigenvalue weighted by Gasteiger charge is 2.18. The van der Waals surface area contributed by atoms with Gasteiger partial charge >= 0.3 is 0 Å². The Hall–Kier alpha value is -1.62. The minimum absolute atomic E-state index is 0.0204. The van der Waals surface area contributed by atoms with Gasteiger partial charge in [0.15, 0.2) is 0 Å². The molecule has 1 aromatic rings. The summed E-state index contributed by atoms with van der Waals surface area (Å²) in [4.78, 5) is 18.5. The first-order chi connectivity index (χ1) is 9.74. The zero-order valence-electron chi connectivity index (χ0n) is 12.4. The molecule has 1 heterocycles. The molecule has 0 aliphatic carbocycles. The van der Waals surface area contributed by atoms with E-state index in [4.69, 9.17) is 5.11 Å². The third-order valence-electron chi connectivity index (χ3n) is 3.02. The van der Waals surface area contributed by atoms with Gasteiger partial charge in [0.25, 0.3) is 5.91 Å². The summed E-state index contributed by atoms with van der Waals surface area (Å²) in [6.07, 6.45) is 4.60. The van der Waals surface area contributed by atoms with Crippen molar-refractivity contribution in [3.63, 3.8) is 0 Å². The van der Waals surface area contributed by atoms with Gasteiger partial charge in [0, 0.05) is 25.8 Å². The van der Waals surface area contributed by atoms with Crippen LogP contribution in [0, 0.1) is 0 Å². The van der Waals surface area contributed by atoms with Crippen LogP contribution in [0.3, 0.4) is 0 Å². The number of carbonyl (C=O) groups is 1. The zero-order chi connectivity index (χ0) is 14.8. The van der Waals surface area contributed by atoms with Gasteiger partial charge in [0.2, 0.25) is 0 Å². The molecule has 0 unspecified atom stereocenters. The van der Waals surface area contributed by atoms with E-state index in [-0.39, 0.29) is 12.5 Å². The predicted octanol–water partition coefficient (Wildman–Crippen LogP) is 2.14. The second-order valence-corrected chi connectivity index (χ2v) is 4.70. The Kier molecular flexibility index (Phi) is 7.65. The lowest BCUT2D eigenvalue weighted by molar-refractivity contribution is 0.0720. The van der Waals surface area contributed by atoms with E-state index in [0.29, 0.717) is 24.5 Å². The summed E-state index contributed by atoms with van der Waals surface area (Å²) < 4.78 is 0. The molecule has 0 bridgehead atoms. The van der Waals surface area contributed by atoms with Crippen molar-refractivity contribution in [3.05, 3.63) is 23.9 Å². The van der Waals surface area contributed by atoms with Crippen molar-refractivity contribution in [2.45, 2.75) is 33.1 Å². The fraction of sp³-hybridized carbons (Fsp3) is 0.600. The van der Waals surface area contributed by atoms with Gasteiger partial charge < -0.3 is 15.3 Å². The largest absolute Gasteiger partial charge is 0.395 e. The smallest absolute Gasteiger partial charge is 0.257 e. The number of rotatable bonds is 9. The second-order valence-electron chi connectivity index (χ2n) is 4.70. The van der Waals surface area contributed by atoms with E-state index in [2.05, 4.69) is 24.1 Å². The summed E-state index contributed by atoms with van der Waals surface area (Å²) >= 11 is 0. The molecule has 1 aromatic heterocycles. The minimum atomic E-state index is -0.0702. The molecule has 0 saturated heterocycles. The van der Waals surface area contributed by atoms with E-state index in [0.717, 1.165) is 25.8 Å². The van der Waals surface area contributed by atoms with Gasteiger partial charge in [-0.1, -0.05) is 20.3 Å². The van der Waals surface area contributed by atoms with Gasteiger partial charge in [-0.25, -0.2) is 4.98 Å². The highest BCUT2D eigenvalue weighted by molar-refractivity contribution is 5.98. The molecule has 1 amide bonds. The fourth-order valence-electron chi connectivity index (χ4n) is 1.92. The first-order valence-corrected chi connectivity index (χ1v) is 7.33. The van der Waals surface area contributed by atoms with Gasteiger partial charge in [-0.3, -0.25) is 4.79 Å². The number of hydrogen-bond acceptors (Lipinski definition) is 4. The molecular formula is C15H25N3O2. The van der Waals surface area contributed by atoms with Crippen molar-refractivity contribution < 1.29 is 9.90 Å². The van der Waals surface area contributed by atoms with Crippen molar-refractivity contribution in [1.29, 1.82) is 0 Å². The maximum Gasteiger partial charge on any atom is 0.257 e. The Morgan fingerprint density at radius 3 is 2.80 bits per heavy atom. The lowest BCUT2D eigenvalue weighted by Gasteiger charge is -2.22. The van der Waals surface area contributed by atoms with Crippen LogP contribution in [-0.4, -0.2) is 47.1 Å². The van der Waals surface area contributed by atoms with Crippen LogP contribution in [0.5, 0.6) is 0 Å². The molecule has 2 N–H and O–H groups in total. The summed E-state index contributed by atoms with van der Waals surface area (Å²) in [7, 11) is 0. The fourth-order valence-corrected chi connectivity index (χ4v) is 1.92. The Balaban J connectivity index is 2.86. The van der Waals surface area contributed by atoms with Crippen molar-refractivity contribution in [2.75, 3.05) is 31.6 Å². The van der Waals surface area contributed by atoms with Crippen molar-refractivity contribution >= 4 is 11.7 Å². The van der Waals surface area contributed by atoms with Crippen LogP contribution in [0.1, 0.15) is 43.5 Å². The number of aromatic nitrogens is 1. The zero-order valence-corrected chi connectivity index (χ0v) is 12.4. The van der Waals surface area contributed by atoms with E-state index in [1.54, 1.807) is 23.2 Å². The number of amides is 1. The first kappa shape index (κ1) is 16.4. The van der Waals surface area contributed by atoms with Gasteiger partial charge in [-0.2, -0.15) is 0 Å². The molecule has 0 radical (unpaired) electrons. The molecule has 1 rings (SSSR count). The van der Waals surface area contributed by atoms with Crippen molar-refractivity contribution in [1.82, 2.24) is 9.88 Å². The SMILES string of the molecule is CCCCN(CCO)C(=O)c1cccnc1NCCC. The van der Waals surface area contributed by atoms with Crippen LogP contribution in [-0.2, 0) is 0 Å². The number of hydrogen-bond donors (Lipinski definition) is 2. The van der Waals surface area contributed by atoms with Gasteiger partial charge in [0.1, 0.15) is 5.82 Å². The molecule has 112 valence electrons. The van der Waals surface area contributed by atoms with Crippen molar-refractivity contribution in [3.8, 4) is 0 Å². The minimum Gasteiger partial charge on any atom is -0.395 e. The molecule has 0 aliphatic heterocycles. The maximum absolute atomic E-state index is 12.6. The number of pyridine rings is 1. The Morgan fingerprint density at radius 2 is 2.15 bits per heavy atom. The lowest BCUT2D eigenvalue weighted by atomic mass is 10.2. The van der Waals surface area contributed by atoms with Crippen LogP contribution >= 0.6 is 0 Å². The first-order valence-electron chi connectivity index (χ1n) is 7.33. The number of anilines is 1. The van der Waals surface area contributed by atoms with Crippen LogP contribution in [0.15, 0.2) is 18.3 Å². The lowest BCUT2D eigenvalue weighted by Crippen LogP contribution is -2.35. The van der Waals surface area contributed by atoms with E-state index in [1.165, 1.54) is 0 Å². The predicted molar refractivity (Wildman–Crippen MR) is 80.9 cm³/mol. The van der Waals surface area contributed by atoms with E-state index >= 15 is 0 Å². The molecule has 0 saturated carbocycles. The third-order valence-corrected chi connectivity index (χ3v) is 3.02.